The van der Waals surface area contributed by atoms with E-state index in [1.54, 1.807) is 6.92 Å². The van der Waals surface area contributed by atoms with Gasteiger partial charge in [0.1, 0.15) is 5.70 Å². The summed E-state index contributed by atoms with van der Waals surface area (Å²) >= 11 is 0. The van der Waals surface area contributed by atoms with Crippen molar-refractivity contribution in [3.63, 3.8) is 0 Å². The lowest BCUT2D eigenvalue weighted by molar-refractivity contribution is -0.113. The van der Waals surface area contributed by atoms with Crippen molar-refractivity contribution < 1.29 is 4.79 Å². The molecule has 0 fully saturated rings. The van der Waals surface area contributed by atoms with Gasteiger partial charge in [-0.05, 0) is 58.8 Å². The minimum absolute atomic E-state index is 0.0342. The van der Waals surface area contributed by atoms with Crippen molar-refractivity contribution in [1.82, 2.24) is 0 Å². The molecule has 0 aromatic carbocycles. The van der Waals surface area contributed by atoms with Crippen LogP contribution in [0.4, 0.5) is 0 Å². The summed E-state index contributed by atoms with van der Waals surface area (Å²) in [7, 11) is 0. The summed E-state index contributed by atoms with van der Waals surface area (Å²) in [6.45, 7) is 17.2. The van der Waals surface area contributed by atoms with Gasteiger partial charge in [0.25, 0.3) is 0 Å². The fraction of sp³-hybridized carbons (Fsp3) is 0.368. The summed E-state index contributed by atoms with van der Waals surface area (Å²) in [4.78, 5) is 16.1. The van der Waals surface area contributed by atoms with Crippen molar-refractivity contribution in [3.8, 4) is 0 Å². The first-order valence-corrected chi connectivity index (χ1v) is 7.12. The minimum Gasteiger partial charge on any atom is -0.293 e. The van der Waals surface area contributed by atoms with Gasteiger partial charge < -0.3 is 0 Å². The van der Waals surface area contributed by atoms with Crippen molar-refractivity contribution in [2.45, 2.75) is 48.5 Å². The molecule has 0 radical (unpaired) electrons. The summed E-state index contributed by atoms with van der Waals surface area (Å²) in [5.74, 6) is -0.0342. The third-order valence-electron chi connectivity index (χ3n) is 2.85. The lowest BCUT2D eigenvalue weighted by atomic mass is 9.97. The Morgan fingerprint density at radius 1 is 1.00 bits per heavy atom. The Morgan fingerprint density at radius 3 is 1.90 bits per heavy atom. The summed E-state index contributed by atoms with van der Waals surface area (Å²) in [6.07, 6.45) is 7.75. The van der Waals surface area contributed by atoms with Gasteiger partial charge in [-0.3, -0.25) is 9.79 Å². The predicted octanol–water partition coefficient (Wildman–Crippen LogP) is 5.36. The van der Waals surface area contributed by atoms with Gasteiger partial charge in [-0.1, -0.05) is 36.0 Å². The van der Waals surface area contributed by atoms with Crippen LogP contribution in [-0.2, 0) is 4.79 Å². The monoisotopic (exact) mass is 285 g/mol. The molecule has 2 nitrogen and oxygen atoms in total. The van der Waals surface area contributed by atoms with Crippen molar-refractivity contribution in [3.05, 3.63) is 58.9 Å². The molecular formula is C19H27NO. The quantitative estimate of drug-likeness (QED) is 0.367. The highest BCUT2D eigenvalue weighted by Gasteiger charge is 2.07. The number of nitrogens with zero attached hydrogens (tertiary/aromatic N) is 1. The lowest BCUT2D eigenvalue weighted by Crippen LogP contribution is -1.99. The fourth-order valence-corrected chi connectivity index (χ4v) is 1.72. The number of aliphatic imine (C=N–C) groups is 1. The van der Waals surface area contributed by atoms with Gasteiger partial charge in [0.05, 0.1) is 0 Å². The van der Waals surface area contributed by atoms with Crippen LogP contribution in [0.25, 0.3) is 0 Å². The third-order valence-corrected chi connectivity index (χ3v) is 2.85. The fourth-order valence-electron chi connectivity index (χ4n) is 1.72. The molecule has 0 N–H and O–H groups in total. The van der Waals surface area contributed by atoms with Crippen molar-refractivity contribution in [2.24, 2.45) is 4.99 Å². The van der Waals surface area contributed by atoms with E-state index in [0.717, 1.165) is 22.4 Å². The Morgan fingerprint density at radius 2 is 1.57 bits per heavy atom. The van der Waals surface area contributed by atoms with Gasteiger partial charge in [0.2, 0.25) is 0 Å². The van der Waals surface area contributed by atoms with Crippen LogP contribution in [0.3, 0.4) is 0 Å². The topological polar surface area (TPSA) is 29.4 Å². The van der Waals surface area contributed by atoms with Crippen LogP contribution in [0.1, 0.15) is 48.5 Å². The van der Waals surface area contributed by atoms with Crippen molar-refractivity contribution >= 4 is 11.5 Å². The lowest BCUT2D eigenvalue weighted by Gasteiger charge is -2.09. The van der Waals surface area contributed by atoms with Crippen LogP contribution in [0.2, 0.25) is 0 Å². The number of carbonyl (C=O) groups excluding carboxylic acids is 1. The zero-order chi connectivity index (χ0) is 16.6. The molecule has 0 saturated heterocycles. The van der Waals surface area contributed by atoms with Gasteiger partial charge in [-0.15, -0.1) is 0 Å². The zero-order valence-corrected chi connectivity index (χ0v) is 14.4. The first-order chi connectivity index (χ1) is 9.72. The maximum absolute atomic E-state index is 11.8. The Labute approximate surface area is 129 Å². The maximum atomic E-state index is 11.8. The summed E-state index contributed by atoms with van der Waals surface area (Å²) in [6, 6.07) is 0. The Hall–Kier alpha value is -1.96. The molecule has 0 aliphatic heterocycles. The van der Waals surface area contributed by atoms with Gasteiger partial charge in [-0.2, -0.15) is 0 Å². The normalized spacial score (nSPS) is 12.8. The molecule has 2 heteroatoms. The number of carbonyl (C=O) groups is 1. The number of hydrogen-bond acceptors (Lipinski definition) is 2. The van der Waals surface area contributed by atoms with E-state index >= 15 is 0 Å². The molecule has 0 unspecified atom stereocenters. The van der Waals surface area contributed by atoms with Crippen LogP contribution < -0.4 is 0 Å². The van der Waals surface area contributed by atoms with Gasteiger partial charge >= 0.3 is 0 Å². The minimum atomic E-state index is -0.0342. The molecule has 0 aromatic heterocycles. The van der Waals surface area contributed by atoms with Gasteiger partial charge in [-0.25, -0.2) is 0 Å². The second-order valence-corrected chi connectivity index (χ2v) is 5.39. The second-order valence-electron chi connectivity index (χ2n) is 5.39. The Bertz CT molecular complexity index is 558. The predicted molar refractivity (Wildman–Crippen MR) is 93.6 cm³/mol. The molecule has 0 atom stereocenters. The van der Waals surface area contributed by atoms with Crippen LogP contribution in [-0.4, -0.2) is 11.5 Å². The molecule has 114 valence electrons. The van der Waals surface area contributed by atoms with Crippen LogP contribution >= 0.6 is 0 Å². The third kappa shape index (κ3) is 6.84. The van der Waals surface area contributed by atoms with Gasteiger partial charge in [0.15, 0.2) is 5.78 Å². The van der Waals surface area contributed by atoms with E-state index in [2.05, 4.69) is 31.5 Å². The molecule has 0 aliphatic rings. The first kappa shape index (κ1) is 19.0. The van der Waals surface area contributed by atoms with E-state index in [1.807, 2.05) is 45.9 Å². The van der Waals surface area contributed by atoms with E-state index in [1.165, 1.54) is 5.57 Å². The largest absolute Gasteiger partial charge is 0.293 e. The standard InChI is InChI=1S/C19H27NO/c1-9-15(7)11-18(13(3)4)17(10-2)12-19(16(8)21)20-14(5)6/h9-12H,1H2,2-8H3/b15-11-,17-10-,19-12-. The molecule has 0 aliphatic carbocycles. The van der Waals surface area contributed by atoms with Crippen LogP contribution in [0.5, 0.6) is 0 Å². The van der Waals surface area contributed by atoms with E-state index in [-0.39, 0.29) is 5.78 Å². The molecule has 0 amide bonds. The van der Waals surface area contributed by atoms with Gasteiger partial charge in [0, 0.05) is 12.6 Å². The average molecular weight is 285 g/mol. The molecule has 0 spiro atoms. The Kier molecular flexibility index (Phi) is 8.22. The second kappa shape index (κ2) is 9.06. The summed E-state index contributed by atoms with van der Waals surface area (Å²) < 4.78 is 0. The molecule has 0 bridgehead atoms. The number of ketones is 1. The molecule has 21 heavy (non-hydrogen) atoms. The smallest absolute Gasteiger partial charge is 0.178 e. The van der Waals surface area contributed by atoms with E-state index < -0.39 is 0 Å². The highest BCUT2D eigenvalue weighted by Crippen LogP contribution is 2.22. The molecule has 0 rings (SSSR count). The summed E-state index contributed by atoms with van der Waals surface area (Å²) in [5.41, 5.74) is 5.69. The zero-order valence-electron chi connectivity index (χ0n) is 14.4. The van der Waals surface area contributed by atoms with Crippen LogP contribution in [0.15, 0.2) is 63.9 Å². The number of allylic oxidation sites excluding steroid dienone is 9. The highest BCUT2D eigenvalue weighted by molar-refractivity contribution is 5.97. The molecular weight excluding hydrogens is 258 g/mol. The number of Topliss-reactive ketones (excluding diaryl/α,β-unsaturated/α-hetero) is 1. The van der Waals surface area contributed by atoms with Crippen molar-refractivity contribution in [1.29, 1.82) is 0 Å². The van der Waals surface area contributed by atoms with E-state index in [9.17, 15) is 4.79 Å². The Balaban J connectivity index is 6.02. The SMILES string of the molecule is C=C/C(C)=C\C(=C(C)C)C(=C\C)/C=C(\N=C(C)C)C(C)=O. The number of hydrogen-bond donors (Lipinski definition) is 0. The van der Waals surface area contributed by atoms with Crippen LogP contribution in [0, 0.1) is 0 Å². The molecule has 0 aromatic rings. The maximum Gasteiger partial charge on any atom is 0.178 e. The number of rotatable bonds is 6. The highest BCUT2D eigenvalue weighted by atomic mass is 16.1. The van der Waals surface area contributed by atoms with Crippen molar-refractivity contribution in [2.75, 3.05) is 0 Å². The first-order valence-electron chi connectivity index (χ1n) is 7.12. The molecule has 0 heterocycles. The molecule has 0 saturated carbocycles. The van der Waals surface area contributed by atoms with E-state index in [0.29, 0.717) is 5.70 Å². The average Bonchev–Trinajstić information content (AvgIpc) is 2.39. The van der Waals surface area contributed by atoms with E-state index in [4.69, 9.17) is 0 Å². The summed E-state index contributed by atoms with van der Waals surface area (Å²) in [5, 5.41) is 0.